The van der Waals surface area contributed by atoms with Crippen LogP contribution >= 0.6 is 0 Å². The predicted molar refractivity (Wildman–Crippen MR) is 98.7 cm³/mol. The Morgan fingerprint density at radius 3 is 2.56 bits per heavy atom. The summed E-state index contributed by atoms with van der Waals surface area (Å²) in [7, 11) is -2.44. The van der Waals surface area contributed by atoms with Crippen molar-refractivity contribution in [1.82, 2.24) is 9.62 Å². The summed E-state index contributed by atoms with van der Waals surface area (Å²) in [6.07, 6.45) is 0.672. The number of carbonyl (C=O) groups excluding carboxylic acids is 2. The number of methoxy groups -OCH3 is 1. The number of amides is 1. The van der Waals surface area contributed by atoms with E-state index in [1.165, 1.54) is 35.7 Å². The van der Waals surface area contributed by atoms with Crippen LogP contribution in [0, 0.1) is 5.92 Å². The standard InChI is InChI=1S/C18H26N2O6S/c1-4-13(2)16(18(22)25-3)19-17(21)14-6-5-7-15(12-14)27(23,24)20-8-10-26-11-9-20/h5-7,12-13,16H,4,8-11H2,1-3H3,(H,19,21)/t13-,16+/m1/s1. The van der Waals surface area contributed by atoms with Crippen molar-refractivity contribution < 1.29 is 27.5 Å². The molecule has 0 radical (unpaired) electrons. The van der Waals surface area contributed by atoms with Gasteiger partial charge in [-0.25, -0.2) is 13.2 Å². The van der Waals surface area contributed by atoms with Crippen LogP contribution in [0.25, 0.3) is 0 Å². The number of rotatable bonds is 7. The lowest BCUT2D eigenvalue weighted by molar-refractivity contribution is -0.144. The van der Waals surface area contributed by atoms with Crippen LogP contribution in [-0.4, -0.2) is 64.1 Å². The Bertz CT molecular complexity index is 774. The van der Waals surface area contributed by atoms with Crippen molar-refractivity contribution in [3.05, 3.63) is 29.8 Å². The fourth-order valence-electron chi connectivity index (χ4n) is 2.75. The Morgan fingerprint density at radius 2 is 1.96 bits per heavy atom. The number of benzene rings is 1. The molecule has 1 saturated heterocycles. The van der Waals surface area contributed by atoms with Crippen LogP contribution in [0.2, 0.25) is 0 Å². The lowest BCUT2D eigenvalue weighted by atomic mass is 9.99. The van der Waals surface area contributed by atoms with Crippen LogP contribution in [0.15, 0.2) is 29.2 Å². The zero-order valence-electron chi connectivity index (χ0n) is 15.8. The maximum atomic E-state index is 12.8. The van der Waals surface area contributed by atoms with Gasteiger partial charge >= 0.3 is 5.97 Å². The Morgan fingerprint density at radius 1 is 1.30 bits per heavy atom. The molecule has 0 bridgehead atoms. The summed E-state index contributed by atoms with van der Waals surface area (Å²) in [5, 5.41) is 2.65. The highest BCUT2D eigenvalue weighted by Crippen LogP contribution is 2.19. The third-order valence-electron chi connectivity index (χ3n) is 4.66. The van der Waals surface area contributed by atoms with Gasteiger partial charge in [0.1, 0.15) is 6.04 Å². The molecule has 1 aromatic rings. The van der Waals surface area contributed by atoms with Crippen molar-refractivity contribution >= 4 is 21.9 Å². The third-order valence-corrected chi connectivity index (χ3v) is 6.55. The van der Waals surface area contributed by atoms with E-state index in [0.717, 1.165) is 0 Å². The molecule has 2 atom stereocenters. The number of esters is 1. The highest BCUT2D eigenvalue weighted by atomic mass is 32.2. The molecule has 9 heteroatoms. The van der Waals surface area contributed by atoms with E-state index in [2.05, 4.69) is 5.32 Å². The van der Waals surface area contributed by atoms with E-state index >= 15 is 0 Å². The summed E-state index contributed by atoms with van der Waals surface area (Å²) in [6.45, 7) is 4.97. The summed E-state index contributed by atoms with van der Waals surface area (Å²) < 4.78 is 36.8. The van der Waals surface area contributed by atoms with Crippen LogP contribution in [0.1, 0.15) is 30.6 Å². The maximum Gasteiger partial charge on any atom is 0.328 e. The summed E-state index contributed by atoms with van der Waals surface area (Å²) in [4.78, 5) is 24.6. The zero-order valence-corrected chi connectivity index (χ0v) is 16.6. The number of hydrogen-bond donors (Lipinski definition) is 1. The Hall–Kier alpha value is -1.97. The van der Waals surface area contributed by atoms with E-state index in [9.17, 15) is 18.0 Å². The second kappa shape index (κ2) is 9.29. The largest absolute Gasteiger partial charge is 0.467 e. The molecule has 1 aliphatic heterocycles. The first kappa shape index (κ1) is 21.3. The van der Waals surface area contributed by atoms with Gasteiger partial charge in [-0.15, -0.1) is 0 Å². The molecule has 1 N–H and O–H groups in total. The smallest absolute Gasteiger partial charge is 0.328 e. The molecule has 1 amide bonds. The van der Waals surface area contributed by atoms with E-state index < -0.39 is 27.9 Å². The molecule has 1 heterocycles. The quantitative estimate of drug-likeness (QED) is 0.688. The van der Waals surface area contributed by atoms with Crippen LogP contribution in [0.3, 0.4) is 0 Å². The van der Waals surface area contributed by atoms with E-state index in [1.807, 2.05) is 13.8 Å². The van der Waals surface area contributed by atoms with Crippen LogP contribution in [0.5, 0.6) is 0 Å². The molecular formula is C18H26N2O6S. The summed E-state index contributed by atoms with van der Waals surface area (Å²) in [5.41, 5.74) is 0.168. The lowest BCUT2D eigenvalue weighted by Gasteiger charge is -2.26. The van der Waals surface area contributed by atoms with Gasteiger partial charge in [0, 0.05) is 18.7 Å². The minimum absolute atomic E-state index is 0.0372. The van der Waals surface area contributed by atoms with Crippen molar-refractivity contribution in [2.75, 3.05) is 33.4 Å². The number of nitrogens with one attached hydrogen (secondary N) is 1. The molecular weight excluding hydrogens is 372 g/mol. The Labute approximate surface area is 159 Å². The molecule has 0 unspecified atom stereocenters. The van der Waals surface area contributed by atoms with Gasteiger partial charge in [-0.1, -0.05) is 26.3 Å². The van der Waals surface area contributed by atoms with Gasteiger partial charge < -0.3 is 14.8 Å². The second-order valence-electron chi connectivity index (χ2n) is 6.40. The number of sulfonamides is 1. The van der Waals surface area contributed by atoms with Gasteiger partial charge in [-0.3, -0.25) is 4.79 Å². The fourth-order valence-corrected chi connectivity index (χ4v) is 4.21. The molecule has 150 valence electrons. The van der Waals surface area contributed by atoms with Crippen LogP contribution < -0.4 is 5.32 Å². The third kappa shape index (κ3) is 5.06. The minimum Gasteiger partial charge on any atom is -0.467 e. The van der Waals surface area contributed by atoms with Gasteiger partial charge in [0.15, 0.2) is 0 Å². The molecule has 2 rings (SSSR count). The minimum atomic E-state index is -3.71. The molecule has 0 aromatic heterocycles. The number of hydrogen-bond acceptors (Lipinski definition) is 6. The average molecular weight is 398 g/mol. The second-order valence-corrected chi connectivity index (χ2v) is 8.34. The number of carbonyl (C=O) groups is 2. The Balaban J connectivity index is 2.22. The molecule has 0 spiro atoms. The molecule has 0 aliphatic carbocycles. The van der Waals surface area contributed by atoms with Gasteiger partial charge in [0.05, 0.1) is 25.2 Å². The van der Waals surface area contributed by atoms with Crippen LogP contribution in [-0.2, 0) is 24.3 Å². The highest BCUT2D eigenvalue weighted by Gasteiger charge is 2.29. The van der Waals surface area contributed by atoms with Crippen molar-refractivity contribution in [3.8, 4) is 0 Å². The lowest BCUT2D eigenvalue weighted by Crippen LogP contribution is -2.45. The summed E-state index contributed by atoms with van der Waals surface area (Å²) >= 11 is 0. The molecule has 1 aliphatic rings. The first-order valence-corrected chi connectivity index (χ1v) is 10.3. The SMILES string of the molecule is CC[C@@H](C)[C@H](NC(=O)c1cccc(S(=O)(=O)N2CCOCC2)c1)C(=O)OC. The van der Waals surface area contributed by atoms with Crippen molar-refractivity contribution in [2.24, 2.45) is 5.92 Å². The van der Waals surface area contributed by atoms with Crippen LogP contribution in [0.4, 0.5) is 0 Å². The number of ether oxygens (including phenoxy) is 2. The Kier molecular flexibility index (Phi) is 7.34. The first-order valence-electron chi connectivity index (χ1n) is 8.88. The van der Waals surface area contributed by atoms with E-state index in [1.54, 1.807) is 0 Å². The van der Waals surface area contributed by atoms with Crippen molar-refractivity contribution in [1.29, 1.82) is 0 Å². The normalized spacial score (nSPS) is 17.7. The molecule has 1 fully saturated rings. The van der Waals surface area contributed by atoms with Gasteiger partial charge in [-0.05, 0) is 24.1 Å². The van der Waals surface area contributed by atoms with E-state index in [-0.39, 0.29) is 29.5 Å². The number of morpholine rings is 1. The highest BCUT2D eigenvalue weighted by molar-refractivity contribution is 7.89. The average Bonchev–Trinajstić information content (AvgIpc) is 2.71. The van der Waals surface area contributed by atoms with E-state index in [0.29, 0.717) is 19.6 Å². The van der Waals surface area contributed by atoms with Gasteiger partial charge in [0.2, 0.25) is 10.0 Å². The summed E-state index contributed by atoms with van der Waals surface area (Å²) in [5.74, 6) is -1.18. The summed E-state index contributed by atoms with van der Waals surface area (Å²) in [6, 6.07) is 5.00. The molecule has 27 heavy (non-hydrogen) atoms. The monoisotopic (exact) mass is 398 g/mol. The zero-order chi connectivity index (χ0) is 20.0. The fraction of sp³-hybridized carbons (Fsp3) is 0.556. The van der Waals surface area contributed by atoms with E-state index in [4.69, 9.17) is 9.47 Å². The van der Waals surface area contributed by atoms with Gasteiger partial charge in [-0.2, -0.15) is 4.31 Å². The van der Waals surface area contributed by atoms with Crippen molar-refractivity contribution in [3.63, 3.8) is 0 Å². The molecule has 8 nitrogen and oxygen atoms in total. The first-order chi connectivity index (χ1) is 12.8. The maximum absolute atomic E-state index is 12.8. The topological polar surface area (TPSA) is 102 Å². The number of nitrogens with zero attached hydrogens (tertiary/aromatic N) is 1. The van der Waals surface area contributed by atoms with Gasteiger partial charge in [0.25, 0.3) is 5.91 Å². The predicted octanol–water partition coefficient (Wildman–Crippen LogP) is 1.03. The molecule has 1 aromatic carbocycles. The molecule has 0 saturated carbocycles. The van der Waals surface area contributed by atoms with Crippen molar-refractivity contribution in [2.45, 2.75) is 31.2 Å².